The summed E-state index contributed by atoms with van der Waals surface area (Å²) in [5, 5.41) is 20.3. The van der Waals surface area contributed by atoms with E-state index in [2.05, 4.69) is 11.9 Å². The molecule has 1 saturated heterocycles. The molecule has 0 amide bonds. The fourth-order valence-electron chi connectivity index (χ4n) is 3.16. The van der Waals surface area contributed by atoms with Crippen molar-refractivity contribution in [2.45, 2.75) is 75.9 Å². The van der Waals surface area contributed by atoms with Crippen LogP contribution in [-0.2, 0) is 14.3 Å². The van der Waals surface area contributed by atoms with E-state index in [1.54, 1.807) is 0 Å². The fourth-order valence-corrected chi connectivity index (χ4v) is 3.46. The van der Waals surface area contributed by atoms with Crippen molar-refractivity contribution >= 4 is 23.4 Å². The lowest BCUT2D eigenvalue weighted by Crippen LogP contribution is -2.48. The van der Waals surface area contributed by atoms with Crippen LogP contribution < -0.4 is 5.73 Å². The molecular weight excluding hydrogens is 393 g/mol. The molecule has 4 N–H and O–H groups in total. The summed E-state index contributed by atoms with van der Waals surface area (Å²) < 4.78 is 25.6. The third kappa shape index (κ3) is 5.34. The first-order chi connectivity index (χ1) is 13.3. The molecule has 1 fully saturated rings. The number of hydrogen-bond donors (Lipinski definition) is 3. The van der Waals surface area contributed by atoms with Crippen LogP contribution >= 0.6 is 11.6 Å². The zero-order chi connectivity index (χ0) is 20.7. The third-order valence-corrected chi connectivity index (χ3v) is 5.35. The lowest BCUT2D eigenvalue weighted by Gasteiger charge is -2.34. The van der Waals surface area contributed by atoms with Crippen molar-refractivity contribution in [3.05, 3.63) is 12.3 Å². The van der Waals surface area contributed by atoms with E-state index < -0.39 is 36.4 Å². The number of amidine groups is 1. The number of carbonyl (C=O) groups excluding carboxylic acids is 1. The minimum atomic E-state index is -1.90. The van der Waals surface area contributed by atoms with Gasteiger partial charge in [-0.15, -0.1) is 11.6 Å². The van der Waals surface area contributed by atoms with Crippen molar-refractivity contribution in [3.63, 3.8) is 0 Å². The molecule has 160 valence electrons. The van der Waals surface area contributed by atoms with Gasteiger partial charge < -0.3 is 30.3 Å². The number of carbonyl (C=O) groups is 1. The van der Waals surface area contributed by atoms with Gasteiger partial charge in [0.2, 0.25) is 6.35 Å². The van der Waals surface area contributed by atoms with E-state index in [1.807, 2.05) is 0 Å². The smallest absolute Gasteiger partial charge is 0.305 e. The number of rotatable bonds is 10. The minimum absolute atomic E-state index is 0.0779. The number of halogens is 2. The maximum atomic E-state index is 14.7. The van der Waals surface area contributed by atoms with Crippen molar-refractivity contribution in [1.29, 1.82) is 0 Å². The van der Waals surface area contributed by atoms with Crippen molar-refractivity contribution in [1.82, 2.24) is 4.90 Å². The average Bonchev–Trinajstić information content (AvgIpc) is 2.92. The Morgan fingerprint density at radius 3 is 2.79 bits per heavy atom. The van der Waals surface area contributed by atoms with Gasteiger partial charge in [-0.2, -0.15) is 0 Å². The summed E-state index contributed by atoms with van der Waals surface area (Å²) >= 11 is 5.94. The van der Waals surface area contributed by atoms with Crippen LogP contribution in [0, 0.1) is 0 Å². The quantitative estimate of drug-likeness (QED) is 0.277. The molecule has 1 unspecified atom stereocenters. The monoisotopic (exact) mass is 421 g/mol. The lowest BCUT2D eigenvalue weighted by atomic mass is 9.99. The molecule has 0 bridgehead atoms. The van der Waals surface area contributed by atoms with Crippen LogP contribution in [0.25, 0.3) is 0 Å². The van der Waals surface area contributed by atoms with Crippen molar-refractivity contribution in [2.24, 2.45) is 10.7 Å². The number of ether oxygens (including phenoxy) is 2. The van der Waals surface area contributed by atoms with Crippen LogP contribution in [0.3, 0.4) is 0 Å². The Hall–Kier alpha value is -1.42. The number of unbranched alkanes of at least 4 members (excludes halogenated alkanes) is 4. The van der Waals surface area contributed by atoms with E-state index in [0.29, 0.717) is 6.42 Å². The third-order valence-electron chi connectivity index (χ3n) is 4.90. The Morgan fingerprint density at radius 2 is 2.14 bits per heavy atom. The van der Waals surface area contributed by atoms with E-state index in [0.717, 1.165) is 30.6 Å². The van der Waals surface area contributed by atoms with E-state index in [9.17, 15) is 19.4 Å². The Balaban J connectivity index is 1.93. The maximum absolute atomic E-state index is 14.7. The van der Waals surface area contributed by atoms with Gasteiger partial charge in [0.25, 0.3) is 0 Å². The summed E-state index contributed by atoms with van der Waals surface area (Å²) in [5.41, 5.74) is 3.87. The van der Waals surface area contributed by atoms with E-state index >= 15 is 0 Å². The van der Waals surface area contributed by atoms with Gasteiger partial charge in [0.05, 0.1) is 5.88 Å². The van der Waals surface area contributed by atoms with Gasteiger partial charge in [-0.1, -0.05) is 32.6 Å². The van der Waals surface area contributed by atoms with Gasteiger partial charge in [0, 0.05) is 12.6 Å². The SMILES string of the molecule is CCCCCCCC(=O)OC[C@@]1(CCl)O[C@@H](N2C=CC(N)=NC2O)[C@H](F)[C@@H]1O. The molecule has 0 aromatic heterocycles. The molecule has 28 heavy (non-hydrogen) atoms. The van der Waals surface area contributed by atoms with Crippen LogP contribution in [0.15, 0.2) is 17.3 Å². The summed E-state index contributed by atoms with van der Waals surface area (Å²) in [7, 11) is 0. The molecule has 0 saturated carbocycles. The van der Waals surface area contributed by atoms with Gasteiger partial charge in [-0.3, -0.25) is 4.79 Å². The van der Waals surface area contributed by atoms with Gasteiger partial charge in [0.15, 0.2) is 12.4 Å². The van der Waals surface area contributed by atoms with Crippen molar-refractivity contribution in [3.8, 4) is 0 Å². The second-order valence-corrected chi connectivity index (χ2v) is 7.35. The largest absolute Gasteiger partial charge is 0.462 e. The molecule has 2 aliphatic heterocycles. The molecular formula is C18H29ClFN3O5. The number of nitrogens with zero attached hydrogens (tertiary/aromatic N) is 2. The lowest BCUT2D eigenvalue weighted by molar-refractivity contribution is -0.173. The molecule has 0 radical (unpaired) electrons. The first-order valence-corrected chi connectivity index (χ1v) is 10.1. The van der Waals surface area contributed by atoms with Gasteiger partial charge in [0.1, 0.15) is 24.1 Å². The highest BCUT2D eigenvalue weighted by molar-refractivity contribution is 6.18. The summed E-state index contributed by atoms with van der Waals surface area (Å²) in [5.74, 6) is -0.673. The predicted octanol–water partition coefficient (Wildman–Crippen LogP) is 1.39. The number of esters is 1. The van der Waals surface area contributed by atoms with Gasteiger partial charge in [-0.05, 0) is 12.5 Å². The molecule has 0 aromatic rings. The first-order valence-electron chi connectivity index (χ1n) is 9.53. The van der Waals surface area contributed by atoms with E-state index in [1.165, 1.54) is 12.3 Å². The highest BCUT2D eigenvalue weighted by Crippen LogP contribution is 2.37. The van der Waals surface area contributed by atoms with Gasteiger partial charge in [-0.25, -0.2) is 9.38 Å². The van der Waals surface area contributed by atoms with Crippen LogP contribution in [-0.4, -0.2) is 69.9 Å². The van der Waals surface area contributed by atoms with E-state index in [4.69, 9.17) is 26.8 Å². The summed E-state index contributed by atoms with van der Waals surface area (Å²) in [6, 6.07) is 0. The number of alkyl halides is 2. The topological polar surface area (TPSA) is 118 Å². The molecule has 5 atom stereocenters. The predicted molar refractivity (Wildman–Crippen MR) is 102 cm³/mol. The van der Waals surface area contributed by atoms with Crippen molar-refractivity contribution in [2.75, 3.05) is 12.5 Å². The molecule has 10 heteroatoms. The number of aliphatic hydroxyl groups is 2. The number of nitrogens with two attached hydrogens (primary N) is 1. The summed E-state index contributed by atoms with van der Waals surface area (Å²) in [6.45, 7) is 1.72. The molecule has 8 nitrogen and oxygen atoms in total. The zero-order valence-corrected chi connectivity index (χ0v) is 16.7. The molecule has 0 aliphatic carbocycles. The van der Waals surface area contributed by atoms with E-state index in [-0.39, 0.29) is 24.7 Å². The second-order valence-electron chi connectivity index (χ2n) is 7.08. The highest BCUT2D eigenvalue weighted by atomic mass is 35.5. The zero-order valence-electron chi connectivity index (χ0n) is 16.0. The fraction of sp³-hybridized carbons (Fsp3) is 0.778. The normalized spacial score (nSPS) is 32.5. The molecule has 2 heterocycles. The summed E-state index contributed by atoms with van der Waals surface area (Å²) in [6.07, 6.45) is 1.49. The van der Waals surface area contributed by atoms with Crippen molar-refractivity contribution < 1.29 is 28.9 Å². The van der Waals surface area contributed by atoms with Crippen LogP contribution in [0.5, 0.6) is 0 Å². The van der Waals surface area contributed by atoms with Gasteiger partial charge >= 0.3 is 5.97 Å². The highest BCUT2D eigenvalue weighted by Gasteiger charge is 2.58. The summed E-state index contributed by atoms with van der Waals surface area (Å²) in [4.78, 5) is 16.8. The number of hydrogen-bond acceptors (Lipinski definition) is 8. The maximum Gasteiger partial charge on any atom is 0.305 e. The van der Waals surface area contributed by atoms with Crippen LogP contribution in [0.2, 0.25) is 0 Å². The second kappa shape index (κ2) is 10.4. The standard InChI is InChI=1S/C18H29ClFN3O5/c1-2-3-4-5-6-7-13(24)27-11-18(10-19)15(25)14(20)16(28-18)23-9-8-12(21)22-17(23)26/h8-9,14-17,25-26H,2-7,10-11H2,1H3,(H2,21,22)/t14-,15+,16-,17?,18-/m1/s1. The average molecular weight is 422 g/mol. The molecule has 2 rings (SSSR count). The Morgan fingerprint density at radius 1 is 1.43 bits per heavy atom. The Bertz CT molecular complexity index is 594. The minimum Gasteiger partial charge on any atom is -0.462 e. The first kappa shape index (κ1) is 22.9. The van der Waals surface area contributed by atoms with Crippen LogP contribution in [0.4, 0.5) is 4.39 Å². The Labute approximate surface area is 169 Å². The van der Waals surface area contributed by atoms with Crippen LogP contribution in [0.1, 0.15) is 45.4 Å². The Kier molecular flexibility index (Phi) is 8.48. The molecule has 0 spiro atoms. The molecule has 2 aliphatic rings. The number of aliphatic hydroxyl groups excluding tert-OH is 2. The number of aliphatic imine (C=N–C) groups is 1. The molecule has 0 aromatic carbocycles.